The van der Waals surface area contributed by atoms with Gasteiger partial charge in [0, 0.05) is 6.04 Å². The van der Waals surface area contributed by atoms with Crippen molar-refractivity contribution in [3.05, 3.63) is 30.6 Å². The summed E-state index contributed by atoms with van der Waals surface area (Å²) in [6.07, 6.45) is 3.44. The van der Waals surface area contributed by atoms with E-state index in [1.807, 2.05) is 31.2 Å². The molecule has 1 aromatic carbocycles. The predicted octanol–water partition coefficient (Wildman–Crippen LogP) is 2.31. The Balaban J connectivity index is 1.97. The third-order valence-electron chi connectivity index (χ3n) is 2.98. The number of nitrogens with zero attached hydrogens (tertiary/aromatic N) is 2. The van der Waals surface area contributed by atoms with Gasteiger partial charge in [-0.15, -0.1) is 0 Å². The minimum Gasteiger partial charge on any atom is -0.467 e. The fourth-order valence-corrected chi connectivity index (χ4v) is 2.05. The average Bonchev–Trinajstić information content (AvgIpc) is 2.45. The van der Waals surface area contributed by atoms with Crippen LogP contribution in [0, 0.1) is 0 Å². The summed E-state index contributed by atoms with van der Waals surface area (Å²) in [6, 6.07) is 7.72. The number of ether oxygens (including phenoxy) is 1. The summed E-state index contributed by atoms with van der Waals surface area (Å²) in [6.45, 7) is 4.04. The van der Waals surface area contributed by atoms with E-state index in [0.717, 1.165) is 23.7 Å². The van der Waals surface area contributed by atoms with Crippen LogP contribution in [-0.2, 0) is 4.79 Å². The third kappa shape index (κ3) is 3.66. The highest BCUT2D eigenvalue weighted by Crippen LogP contribution is 2.20. The first kappa shape index (κ1) is 14.2. The molecule has 1 amide bonds. The molecule has 0 bridgehead atoms. The first-order valence-electron chi connectivity index (χ1n) is 6.82. The molecule has 106 valence electrons. The first-order chi connectivity index (χ1) is 9.70. The van der Waals surface area contributed by atoms with Crippen LogP contribution in [0.3, 0.4) is 0 Å². The van der Waals surface area contributed by atoms with E-state index in [-0.39, 0.29) is 18.6 Å². The number of rotatable bonds is 6. The number of benzene rings is 1. The zero-order chi connectivity index (χ0) is 14.4. The first-order valence-corrected chi connectivity index (χ1v) is 6.82. The van der Waals surface area contributed by atoms with Crippen LogP contribution >= 0.6 is 0 Å². The number of amides is 1. The van der Waals surface area contributed by atoms with Gasteiger partial charge in [-0.2, -0.15) is 0 Å². The second-order valence-electron chi connectivity index (χ2n) is 4.74. The summed E-state index contributed by atoms with van der Waals surface area (Å²) in [5.41, 5.74) is 0.803. The third-order valence-corrected chi connectivity index (χ3v) is 2.98. The number of para-hydroxylation sites is 1. The Hall–Kier alpha value is -2.17. The van der Waals surface area contributed by atoms with E-state index in [2.05, 4.69) is 22.2 Å². The number of nitrogens with one attached hydrogen (secondary N) is 1. The van der Waals surface area contributed by atoms with Gasteiger partial charge in [0.1, 0.15) is 6.33 Å². The molecule has 2 rings (SSSR count). The lowest BCUT2D eigenvalue weighted by Crippen LogP contribution is -2.36. The maximum absolute atomic E-state index is 11.8. The SMILES string of the molecule is CCCC(C)NC(=O)COc1ncnc2ccccc12. The molecule has 0 fully saturated rings. The van der Waals surface area contributed by atoms with Crippen molar-refractivity contribution >= 4 is 16.8 Å². The molecule has 0 aliphatic heterocycles. The number of carbonyl (C=O) groups is 1. The van der Waals surface area contributed by atoms with Crippen LogP contribution in [0.15, 0.2) is 30.6 Å². The van der Waals surface area contributed by atoms with Gasteiger partial charge in [-0.05, 0) is 25.5 Å². The van der Waals surface area contributed by atoms with Crippen molar-refractivity contribution < 1.29 is 9.53 Å². The van der Waals surface area contributed by atoms with Crippen molar-refractivity contribution in [1.29, 1.82) is 0 Å². The lowest BCUT2D eigenvalue weighted by molar-refractivity contribution is -0.123. The van der Waals surface area contributed by atoms with Crippen LogP contribution in [0.4, 0.5) is 0 Å². The fraction of sp³-hybridized carbons (Fsp3) is 0.400. The normalized spacial score (nSPS) is 12.1. The molecule has 5 heteroatoms. The summed E-state index contributed by atoms with van der Waals surface area (Å²) >= 11 is 0. The second-order valence-corrected chi connectivity index (χ2v) is 4.74. The Morgan fingerprint density at radius 2 is 2.15 bits per heavy atom. The molecular weight excluding hydrogens is 254 g/mol. The summed E-state index contributed by atoms with van der Waals surface area (Å²) in [5, 5.41) is 3.70. The number of carbonyl (C=O) groups excluding carboxylic acids is 1. The molecule has 2 aromatic rings. The van der Waals surface area contributed by atoms with Crippen molar-refractivity contribution in [3.8, 4) is 5.88 Å². The van der Waals surface area contributed by atoms with Crippen LogP contribution in [0.1, 0.15) is 26.7 Å². The topological polar surface area (TPSA) is 64.1 Å². The van der Waals surface area contributed by atoms with Crippen molar-refractivity contribution in [2.45, 2.75) is 32.7 Å². The highest BCUT2D eigenvalue weighted by Gasteiger charge is 2.09. The molecule has 0 saturated heterocycles. The minimum atomic E-state index is -0.131. The van der Waals surface area contributed by atoms with Gasteiger partial charge >= 0.3 is 0 Å². The fourth-order valence-electron chi connectivity index (χ4n) is 2.05. The molecule has 20 heavy (non-hydrogen) atoms. The Kier molecular flexibility index (Phi) is 4.87. The highest BCUT2D eigenvalue weighted by molar-refractivity contribution is 5.84. The summed E-state index contributed by atoms with van der Waals surface area (Å²) < 4.78 is 5.50. The van der Waals surface area contributed by atoms with Gasteiger partial charge < -0.3 is 10.1 Å². The van der Waals surface area contributed by atoms with E-state index in [0.29, 0.717) is 5.88 Å². The maximum Gasteiger partial charge on any atom is 0.258 e. The number of hydrogen-bond acceptors (Lipinski definition) is 4. The van der Waals surface area contributed by atoms with Gasteiger partial charge in [-0.3, -0.25) is 4.79 Å². The molecule has 0 aliphatic carbocycles. The van der Waals surface area contributed by atoms with Crippen molar-refractivity contribution in [2.24, 2.45) is 0 Å². The van der Waals surface area contributed by atoms with Crippen LogP contribution in [0.2, 0.25) is 0 Å². The summed E-state index contributed by atoms with van der Waals surface area (Å²) in [4.78, 5) is 20.0. The second kappa shape index (κ2) is 6.84. The lowest BCUT2D eigenvalue weighted by atomic mass is 10.2. The van der Waals surface area contributed by atoms with E-state index in [1.165, 1.54) is 6.33 Å². The van der Waals surface area contributed by atoms with Gasteiger partial charge in [-0.25, -0.2) is 9.97 Å². The molecule has 0 aliphatic rings. The molecule has 1 atom stereocenters. The molecule has 1 unspecified atom stereocenters. The zero-order valence-electron chi connectivity index (χ0n) is 11.8. The minimum absolute atomic E-state index is 0.0327. The molecule has 1 heterocycles. The number of aromatic nitrogens is 2. The Labute approximate surface area is 118 Å². The monoisotopic (exact) mass is 273 g/mol. The molecular formula is C15H19N3O2. The molecule has 0 spiro atoms. The largest absolute Gasteiger partial charge is 0.467 e. The molecule has 1 aromatic heterocycles. The van der Waals surface area contributed by atoms with Crippen molar-refractivity contribution in [1.82, 2.24) is 15.3 Å². The molecule has 1 N–H and O–H groups in total. The Morgan fingerprint density at radius 3 is 2.95 bits per heavy atom. The quantitative estimate of drug-likeness (QED) is 0.877. The molecule has 0 radical (unpaired) electrons. The van der Waals surface area contributed by atoms with E-state index < -0.39 is 0 Å². The summed E-state index contributed by atoms with van der Waals surface area (Å²) in [5.74, 6) is 0.308. The number of fused-ring (bicyclic) bond motifs is 1. The van der Waals surface area contributed by atoms with Crippen LogP contribution in [-0.4, -0.2) is 28.5 Å². The summed E-state index contributed by atoms with van der Waals surface area (Å²) in [7, 11) is 0. The lowest BCUT2D eigenvalue weighted by Gasteiger charge is -2.13. The van der Waals surface area contributed by atoms with Gasteiger partial charge in [0.2, 0.25) is 5.88 Å². The van der Waals surface area contributed by atoms with Crippen LogP contribution < -0.4 is 10.1 Å². The van der Waals surface area contributed by atoms with Gasteiger partial charge in [0.15, 0.2) is 6.61 Å². The zero-order valence-corrected chi connectivity index (χ0v) is 11.8. The molecule has 0 saturated carbocycles. The van der Waals surface area contributed by atoms with E-state index in [1.54, 1.807) is 0 Å². The van der Waals surface area contributed by atoms with Gasteiger partial charge in [0.05, 0.1) is 10.9 Å². The number of hydrogen-bond donors (Lipinski definition) is 1. The predicted molar refractivity (Wildman–Crippen MR) is 77.5 cm³/mol. The van der Waals surface area contributed by atoms with Crippen LogP contribution in [0.5, 0.6) is 5.88 Å². The maximum atomic E-state index is 11.8. The highest BCUT2D eigenvalue weighted by atomic mass is 16.5. The van der Waals surface area contributed by atoms with Crippen LogP contribution in [0.25, 0.3) is 10.9 Å². The Morgan fingerprint density at radius 1 is 1.35 bits per heavy atom. The molecule has 5 nitrogen and oxygen atoms in total. The average molecular weight is 273 g/mol. The van der Waals surface area contributed by atoms with E-state index >= 15 is 0 Å². The standard InChI is InChI=1S/C15H19N3O2/c1-3-6-11(2)18-14(19)9-20-15-12-7-4-5-8-13(12)16-10-17-15/h4-5,7-8,10-11H,3,6,9H2,1-2H3,(H,18,19). The van der Waals surface area contributed by atoms with E-state index in [4.69, 9.17) is 4.74 Å². The van der Waals surface area contributed by atoms with E-state index in [9.17, 15) is 4.79 Å². The van der Waals surface area contributed by atoms with Gasteiger partial charge in [-0.1, -0.05) is 25.5 Å². The van der Waals surface area contributed by atoms with Gasteiger partial charge in [0.25, 0.3) is 5.91 Å². The van der Waals surface area contributed by atoms with Crippen molar-refractivity contribution in [3.63, 3.8) is 0 Å². The Bertz CT molecular complexity index is 581. The smallest absolute Gasteiger partial charge is 0.258 e. The van der Waals surface area contributed by atoms with Crippen molar-refractivity contribution in [2.75, 3.05) is 6.61 Å².